The summed E-state index contributed by atoms with van der Waals surface area (Å²) >= 11 is 3.49. The van der Waals surface area contributed by atoms with Crippen LogP contribution in [0.3, 0.4) is 0 Å². The second kappa shape index (κ2) is 5.51. The van der Waals surface area contributed by atoms with Crippen molar-refractivity contribution in [3.63, 3.8) is 0 Å². The topological polar surface area (TPSA) is 83.3 Å². The molecule has 0 unspecified atom stereocenters. The molecule has 2 aromatic heterocycles. The average molecular weight is 354 g/mol. The summed E-state index contributed by atoms with van der Waals surface area (Å²) in [6.45, 7) is 1.11. The van der Waals surface area contributed by atoms with Crippen molar-refractivity contribution in [3.8, 4) is 0 Å². The number of aryl methyl sites for hydroxylation is 1. The monoisotopic (exact) mass is 353 g/mol. The van der Waals surface area contributed by atoms with E-state index in [-0.39, 0.29) is 6.04 Å². The molecule has 3 heterocycles. The summed E-state index contributed by atoms with van der Waals surface area (Å²) in [5, 5.41) is 12.4. The van der Waals surface area contributed by atoms with Gasteiger partial charge in [0, 0.05) is 32.4 Å². The fourth-order valence-corrected chi connectivity index (χ4v) is 3.29. The lowest BCUT2D eigenvalue weighted by Crippen LogP contribution is -2.41. The second-order valence-corrected chi connectivity index (χ2v) is 6.05. The predicted molar refractivity (Wildman–Crippen MR) is 82.5 cm³/mol. The number of aromatic nitrogens is 3. The number of likely N-dealkylation sites (tertiary alicyclic amines) is 1. The van der Waals surface area contributed by atoms with Gasteiger partial charge in [-0.05, 0) is 28.8 Å². The summed E-state index contributed by atoms with van der Waals surface area (Å²) in [5.74, 6) is 0.793. The van der Waals surface area contributed by atoms with Gasteiger partial charge in [-0.15, -0.1) is 0 Å². The number of carbonyl (C=O) groups is 1. The van der Waals surface area contributed by atoms with Crippen LogP contribution < -0.4 is 5.32 Å². The quantitative estimate of drug-likeness (QED) is 0.865. The molecule has 112 valence electrons. The Morgan fingerprint density at radius 3 is 2.81 bits per heavy atom. The minimum absolute atomic E-state index is 0.229. The molecule has 0 spiro atoms. The van der Waals surface area contributed by atoms with E-state index in [0.29, 0.717) is 13.1 Å². The van der Waals surface area contributed by atoms with Crippen LogP contribution in [0, 0.1) is 0 Å². The first-order valence-corrected chi connectivity index (χ1v) is 7.55. The Morgan fingerprint density at radius 1 is 1.43 bits per heavy atom. The number of piperidine rings is 1. The van der Waals surface area contributed by atoms with Gasteiger partial charge in [0.2, 0.25) is 0 Å². The first-order chi connectivity index (χ1) is 10.1. The molecule has 3 rings (SSSR count). The Morgan fingerprint density at radius 2 is 2.14 bits per heavy atom. The van der Waals surface area contributed by atoms with Crippen molar-refractivity contribution < 1.29 is 9.90 Å². The molecule has 1 aliphatic heterocycles. The molecule has 0 saturated carbocycles. The van der Waals surface area contributed by atoms with Crippen LogP contribution in [0.15, 0.2) is 17.0 Å². The third-order valence-corrected chi connectivity index (χ3v) is 4.39. The van der Waals surface area contributed by atoms with E-state index in [0.717, 1.165) is 34.2 Å². The first kappa shape index (κ1) is 14.1. The van der Waals surface area contributed by atoms with Crippen molar-refractivity contribution in [2.75, 3.05) is 18.4 Å². The number of carboxylic acid groups (broad SMARTS) is 1. The summed E-state index contributed by atoms with van der Waals surface area (Å²) in [7, 11) is 1.95. The lowest BCUT2D eigenvalue weighted by molar-refractivity contribution is 0.134. The zero-order chi connectivity index (χ0) is 15.0. The average Bonchev–Trinajstić information content (AvgIpc) is 2.76. The van der Waals surface area contributed by atoms with Gasteiger partial charge in [-0.3, -0.25) is 0 Å². The zero-order valence-corrected chi connectivity index (χ0v) is 13.2. The third-order valence-electron chi connectivity index (χ3n) is 3.81. The molecule has 0 bridgehead atoms. The van der Waals surface area contributed by atoms with Crippen LogP contribution in [0.1, 0.15) is 12.8 Å². The van der Waals surface area contributed by atoms with Gasteiger partial charge in [-0.1, -0.05) is 0 Å². The van der Waals surface area contributed by atoms with Crippen molar-refractivity contribution in [1.82, 2.24) is 19.4 Å². The Bertz CT molecular complexity index is 678. The number of amides is 1. The van der Waals surface area contributed by atoms with E-state index < -0.39 is 6.09 Å². The van der Waals surface area contributed by atoms with Crippen LogP contribution in [-0.4, -0.2) is 49.8 Å². The highest BCUT2D eigenvalue weighted by molar-refractivity contribution is 9.10. The summed E-state index contributed by atoms with van der Waals surface area (Å²) < 4.78 is 2.92. The van der Waals surface area contributed by atoms with E-state index in [4.69, 9.17) is 5.11 Å². The van der Waals surface area contributed by atoms with Gasteiger partial charge in [0.1, 0.15) is 17.4 Å². The number of halogens is 1. The van der Waals surface area contributed by atoms with E-state index in [9.17, 15) is 4.79 Å². The minimum atomic E-state index is -0.843. The van der Waals surface area contributed by atoms with E-state index in [1.165, 1.54) is 4.90 Å². The molecular weight excluding hydrogens is 338 g/mol. The van der Waals surface area contributed by atoms with Crippen LogP contribution in [0.2, 0.25) is 0 Å². The molecule has 21 heavy (non-hydrogen) atoms. The van der Waals surface area contributed by atoms with Gasteiger partial charge < -0.3 is 19.9 Å². The number of hydrogen-bond donors (Lipinski definition) is 2. The molecule has 1 saturated heterocycles. The zero-order valence-electron chi connectivity index (χ0n) is 11.6. The third kappa shape index (κ3) is 2.67. The fraction of sp³-hybridized carbons (Fsp3) is 0.462. The Balaban J connectivity index is 1.79. The van der Waals surface area contributed by atoms with Crippen LogP contribution in [0.25, 0.3) is 11.0 Å². The molecule has 2 N–H and O–H groups in total. The SMILES string of the molecule is Cn1cc(Br)c2ncnc(NC3CCN(C(=O)O)CC3)c21. The molecule has 7 nitrogen and oxygen atoms in total. The fourth-order valence-electron chi connectivity index (χ4n) is 2.70. The highest BCUT2D eigenvalue weighted by Gasteiger charge is 2.23. The summed E-state index contributed by atoms with van der Waals surface area (Å²) in [6.07, 6.45) is 4.22. The molecule has 8 heteroatoms. The summed E-state index contributed by atoms with van der Waals surface area (Å²) in [4.78, 5) is 21.0. The van der Waals surface area contributed by atoms with Crippen molar-refractivity contribution in [1.29, 1.82) is 0 Å². The number of fused-ring (bicyclic) bond motifs is 1. The Hall–Kier alpha value is -1.83. The predicted octanol–water partition coefficient (Wildman–Crippen LogP) is 2.29. The standard InChI is InChI=1S/C13H16BrN5O2/c1-18-6-9(14)10-11(18)12(16-7-15-10)17-8-2-4-19(5-3-8)13(20)21/h6-8H,2-5H2,1H3,(H,20,21)(H,15,16,17). The molecule has 1 fully saturated rings. The highest BCUT2D eigenvalue weighted by atomic mass is 79.9. The van der Waals surface area contributed by atoms with E-state index in [1.807, 2.05) is 17.8 Å². The molecule has 1 amide bonds. The van der Waals surface area contributed by atoms with Crippen LogP contribution in [0.4, 0.5) is 10.6 Å². The number of nitrogens with one attached hydrogen (secondary N) is 1. The number of nitrogens with zero attached hydrogens (tertiary/aromatic N) is 4. The molecule has 1 aliphatic rings. The number of rotatable bonds is 2. The van der Waals surface area contributed by atoms with E-state index in [2.05, 4.69) is 31.2 Å². The lowest BCUT2D eigenvalue weighted by atomic mass is 10.1. The normalized spacial score (nSPS) is 16.4. The largest absolute Gasteiger partial charge is 0.465 e. The molecule has 2 aromatic rings. The summed E-state index contributed by atoms with van der Waals surface area (Å²) in [6, 6.07) is 0.229. The van der Waals surface area contributed by atoms with E-state index >= 15 is 0 Å². The molecule has 0 aromatic carbocycles. The number of hydrogen-bond acceptors (Lipinski definition) is 4. The maximum absolute atomic E-state index is 10.9. The maximum Gasteiger partial charge on any atom is 0.407 e. The molecule has 0 aliphatic carbocycles. The van der Waals surface area contributed by atoms with Crippen LogP contribution in [-0.2, 0) is 7.05 Å². The van der Waals surface area contributed by atoms with Gasteiger partial charge in [-0.2, -0.15) is 0 Å². The van der Waals surface area contributed by atoms with Gasteiger partial charge >= 0.3 is 6.09 Å². The molecular formula is C13H16BrN5O2. The molecule has 0 atom stereocenters. The van der Waals surface area contributed by atoms with Crippen molar-refractivity contribution in [2.45, 2.75) is 18.9 Å². The van der Waals surface area contributed by atoms with E-state index in [1.54, 1.807) is 6.33 Å². The van der Waals surface area contributed by atoms with Gasteiger partial charge in [0.05, 0.1) is 4.47 Å². The maximum atomic E-state index is 10.9. The Kier molecular flexibility index (Phi) is 3.71. The van der Waals surface area contributed by atoms with Crippen LogP contribution >= 0.6 is 15.9 Å². The van der Waals surface area contributed by atoms with Crippen molar-refractivity contribution in [3.05, 3.63) is 17.0 Å². The van der Waals surface area contributed by atoms with Crippen molar-refractivity contribution in [2.24, 2.45) is 7.05 Å². The smallest absolute Gasteiger partial charge is 0.407 e. The van der Waals surface area contributed by atoms with Crippen molar-refractivity contribution >= 4 is 38.9 Å². The van der Waals surface area contributed by atoms with Gasteiger partial charge in [0.15, 0.2) is 5.82 Å². The number of anilines is 1. The molecule has 0 radical (unpaired) electrons. The second-order valence-electron chi connectivity index (χ2n) is 5.20. The Labute approximate surface area is 130 Å². The first-order valence-electron chi connectivity index (χ1n) is 6.76. The lowest BCUT2D eigenvalue weighted by Gasteiger charge is -2.30. The summed E-state index contributed by atoms with van der Waals surface area (Å²) in [5.41, 5.74) is 1.82. The van der Waals surface area contributed by atoms with Gasteiger partial charge in [0.25, 0.3) is 0 Å². The van der Waals surface area contributed by atoms with Crippen LogP contribution in [0.5, 0.6) is 0 Å². The van der Waals surface area contributed by atoms with Gasteiger partial charge in [-0.25, -0.2) is 14.8 Å². The minimum Gasteiger partial charge on any atom is -0.465 e. The highest BCUT2D eigenvalue weighted by Crippen LogP contribution is 2.28.